The van der Waals surface area contributed by atoms with Crippen LogP contribution in [-0.2, 0) is 31.4 Å². The topological polar surface area (TPSA) is 149 Å². The molecule has 10 nitrogen and oxygen atoms in total. The zero-order valence-corrected chi connectivity index (χ0v) is 9.64. The molecule has 0 aromatic carbocycles. The average molecular weight is 284 g/mol. The Labute approximate surface area is 83.6 Å². The average Bonchev–Trinajstić information content (AvgIpc) is 1.94. The number of hydrogen-bond acceptors (Lipinski definition) is 7. The highest BCUT2D eigenvalue weighted by Gasteiger charge is 2.43. The first-order valence-corrected chi connectivity index (χ1v) is 7.81. The van der Waals surface area contributed by atoms with Gasteiger partial charge in [0, 0.05) is 0 Å². The maximum absolute atomic E-state index is 10.9. The lowest BCUT2D eigenvalue weighted by molar-refractivity contribution is 0.154. The Morgan fingerprint density at radius 2 is 1.07 bits per heavy atom. The summed E-state index contributed by atoms with van der Waals surface area (Å²) in [7, 11) is -14.8. The third-order valence-electron chi connectivity index (χ3n) is 1.00. The fourth-order valence-corrected chi connectivity index (χ4v) is 4.09. The zero-order valence-electron chi connectivity index (χ0n) is 6.96. The molecule has 1 aliphatic rings. The third-order valence-corrected chi connectivity index (χ3v) is 5.32. The molecule has 13 heteroatoms. The van der Waals surface area contributed by atoms with Gasteiger partial charge in [-0.25, -0.2) is 13.7 Å². The van der Waals surface area contributed by atoms with Crippen LogP contribution in [0.4, 0.5) is 0 Å². The molecule has 1 fully saturated rings. The molecule has 1 aliphatic heterocycles. The molecule has 1 saturated heterocycles. The lowest BCUT2D eigenvalue weighted by Crippen LogP contribution is -2.00. The molecule has 0 saturated carbocycles. The van der Waals surface area contributed by atoms with Crippen molar-refractivity contribution in [3.05, 3.63) is 0 Å². The van der Waals surface area contributed by atoms with Gasteiger partial charge in [-0.15, -0.1) is 0 Å². The Balaban J connectivity index is 2.94. The Morgan fingerprint density at radius 1 is 0.733 bits per heavy atom. The van der Waals surface area contributed by atoms with E-state index in [4.69, 9.17) is 14.7 Å². The quantitative estimate of drug-likeness (QED) is 0.532. The summed E-state index contributed by atoms with van der Waals surface area (Å²) in [6, 6.07) is 0. The Morgan fingerprint density at radius 3 is 1.40 bits per heavy atom. The van der Waals surface area contributed by atoms with Gasteiger partial charge < -0.3 is 14.7 Å². The summed E-state index contributed by atoms with van der Waals surface area (Å²) in [5, 5.41) is 0. The van der Waals surface area contributed by atoms with Gasteiger partial charge in [0.15, 0.2) is 0 Å². The van der Waals surface area contributed by atoms with E-state index in [0.717, 1.165) is 0 Å². The van der Waals surface area contributed by atoms with Crippen molar-refractivity contribution in [3.8, 4) is 0 Å². The summed E-state index contributed by atoms with van der Waals surface area (Å²) in [5.74, 6) is 0. The summed E-state index contributed by atoms with van der Waals surface area (Å²) < 4.78 is 48.1. The Bertz CT molecular complexity index is 341. The number of phosphoric ester groups is 2. The van der Waals surface area contributed by atoms with Crippen molar-refractivity contribution in [2.24, 2.45) is 0 Å². The highest BCUT2D eigenvalue weighted by molar-refractivity contribution is 7.66. The van der Waals surface area contributed by atoms with Gasteiger partial charge >= 0.3 is 23.5 Å². The van der Waals surface area contributed by atoms with E-state index in [9.17, 15) is 13.7 Å². The molecule has 0 aliphatic carbocycles. The van der Waals surface area contributed by atoms with Gasteiger partial charge in [-0.2, -0.15) is 8.62 Å². The van der Waals surface area contributed by atoms with Crippen molar-refractivity contribution < 1.29 is 46.0 Å². The van der Waals surface area contributed by atoms with Gasteiger partial charge in [-0.3, -0.25) is 9.05 Å². The fourth-order valence-electron chi connectivity index (χ4n) is 0.628. The van der Waals surface area contributed by atoms with E-state index in [1.807, 2.05) is 0 Å². The molecule has 1 rings (SSSR count). The minimum Gasteiger partial charge on any atom is -0.302 e. The van der Waals surface area contributed by atoms with Crippen LogP contribution in [0.15, 0.2) is 0 Å². The molecule has 0 radical (unpaired) electrons. The smallest absolute Gasteiger partial charge is 0.302 e. The van der Waals surface area contributed by atoms with E-state index in [-0.39, 0.29) is 0 Å². The first kappa shape index (κ1) is 13.5. The van der Waals surface area contributed by atoms with Crippen LogP contribution in [0, 0.1) is 0 Å². The minimum absolute atomic E-state index is 0.582. The Hall–Kier alpha value is 0.410. The SMILES string of the molecule is O=P1(O)OCCOP(=O)(O)OP(=O)(O)O1. The highest BCUT2D eigenvalue weighted by atomic mass is 31.3. The Kier molecular flexibility index (Phi) is 3.91. The molecule has 0 amide bonds. The number of rotatable bonds is 0. The largest absolute Gasteiger partial charge is 0.490 e. The first-order chi connectivity index (χ1) is 6.62. The second-order valence-corrected chi connectivity index (χ2v) is 6.87. The second-order valence-electron chi connectivity index (χ2n) is 2.24. The summed E-state index contributed by atoms with van der Waals surface area (Å²) in [6.07, 6.45) is 0. The lowest BCUT2D eigenvalue weighted by atomic mass is 10.8. The molecule has 15 heavy (non-hydrogen) atoms. The zero-order chi connectivity index (χ0) is 11.7. The molecule has 2 atom stereocenters. The molecule has 0 spiro atoms. The maximum atomic E-state index is 10.9. The van der Waals surface area contributed by atoms with Crippen LogP contribution >= 0.6 is 23.5 Å². The van der Waals surface area contributed by atoms with Crippen molar-refractivity contribution in [1.82, 2.24) is 0 Å². The third kappa shape index (κ3) is 4.84. The predicted octanol–water partition coefficient (Wildman–Crippen LogP) is 0.368. The van der Waals surface area contributed by atoms with Crippen LogP contribution in [0.2, 0.25) is 0 Å². The van der Waals surface area contributed by atoms with Crippen molar-refractivity contribution >= 4 is 23.5 Å². The maximum Gasteiger partial charge on any atom is 0.490 e. The van der Waals surface area contributed by atoms with E-state index in [2.05, 4.69) is 17.7 Å². The summed E-state index contributed by atoms with van der Waals surface area (Å²) in [4.78, 5) is 26.3. The van der Waals surface area contributed by atoms with E-state index in [0.29, 0.717) is 0 Å². The van der Waals surface area contributed by atoms with Gasteiger partial charge in [0.1, 0.15) is 0 Å². The standard InChI is InChI=1S/C2H7O10P3/c3-13(4)9-1-2-10-14(5,6)12-15(7,8)11-13/h1-2H2,(H,3,4)(H,5,6)(H,7,8). The highest BCUT2D eigenvalue weighted by Crippen LogP contribution is 2.68. The molecule has 0 bridgehead atoms. The molecule has 2 unspecified atom stereocenters. The predicted molar refractivity (Wildman–Crippen MR) is 43.5 cm³/mol. The molecular formula is C2H7O10P3. The van der Waals surface area contributed by atoms with Crippen molar-refractivity contribution in [1.29, 1.82) is 0 Å². The first-order valence-electron chi connectivity index (χ1n) is 3.32. The van der Waals surface area contributed by atoms with E-state index in [1.165, 1.54) is 0 Å². The van der Waals surface area contributed by atoms with Crippen LogP contribution in [-0.4, -0.2) is 27.9 Å². The fraction of sp³-hybridized carbons (Fsp3) is 1.00. The molecule has 90 valence electrons. The van der Waals surface area contributed by atoms with Crippen molar-refractivity contribution in [2.45, 2.75) is 0 Å². The summed E-state index contributed by atoms with van der Waals surface area (Å²) in [6.45, 7) is -1.16. The van der Waals surface area contributed by atoms with Gasteiger partial charge in [0.05, 0.1) is 13.2 Å². The van der Waals surface area contributed by atoms with Gasteiger partial charge in [0.2, 0.25) is 0 Å². The van der Waals surface area contributed by atoms with Crippen LogP contribution in [0.1, 0.15) is 0 Å². The molecule has 0 aromatic heterocycles. The lowest BCUT2D eigenvalue weighted by Gasteiger charge is -2.14. The van der Waals surface area contributed by atoms with Crippen LogP contribution in [0.3, 0.4) is 0 Å². The molecule has 1 heterocycles. The van der Waals surface area contributed by atoms with E-state index in [1.54, 1.807) is 0 Å². The minimum atomic E-state index is -5.20. The number of phosphoric acid groups is 3. The second kappa shape index (κ2) is 4.35. The van der Waals surface area contributed by atoms with Crippen molar-refractivity contribution in [3.63, 3.8) is 0 Å². The normalized spacial score (nSPS) is 49.0. The summed E-state index contributed by atoms with van der Waals surface area (Å²) >= 11 is 0. The van der Waals surface area contributed by atoms with Crippen LogP contribution < -0.4 is 0 Å². The van der Waals surface area contributed by atoms with Gasteiger partial charge in [0.25, 0.3) is 0 Å². The van der Waals surface area contributed by atoms with Crippen LogP contribution in [0.5, 0.6) is 0 Å². The number of hydrogen-bond donors (Lipinski definition) is 3. The van der Waals surface area contributed by atoms with Gasteiger partial charge in [-0.05, 0) is 0 Å². The molecule has 0 aromatic rings. The van der Waals surface area contributed by atoms with Crippen LogP contribution in [0.25, 0.3) is 0 Å². The van der Waals surface area contributed by atoms with Gasteiger partial charge in [-0.1, -0.05) is 0 Å². The summed E-state index contributed by atoms with van der Waals surface area (Å²) in [5.41, 5.74) is 0. The van der Waals surface area contributed by atoms with Crippen molar-refractivity contribution in [2.75, 3.05) is 13.2 Å². The van der Waals surface area contributed by atoms with E-state index < -0.39 is 36.7 Å². The van der Waals surface area contributed by atoms with E-state index >= 15 is 0 Å². The molecule has 3 N–H and O–H groups in total. The monoisotopic (exact) mass is 284 g/mol. The molecular weight excluding hydrogens is 277 g/mol.